The minimum atomic E-state index is -3.68. The highest BCUT2D eigenvalue weighted by molar-refractivity contribution is 7.93. The first-order valence-electron chi connectivity index (χ1n) is 13.4. The molecule has 1 aliphatic rings. The summed E-state index contributed by atoms with van der Waals surface area (Å²) in [5.41, 5.74) is 12.1. The SMILES string of the molecule is CSOOc1cc(C)cc(NNC(=O)NCC2CCC(CNC(=O)NNc3cc(S(C)(=O)=O)cc(S(C)(=O)=O)c3)CC2)c1. The predicted octanol–water partition coefficient (Wildman–Crippen LogP) is 3.15. The van der Waals surface area contributed by atoms with Crippen molar-refractivity contribution in [1.29, 1.82) is 0 Å². The molecule has 17 heteroatoms. The van der Waals surface area contributed by atoms with Crippen LogP contribution in [0, 0.1) is 18.8 Å². The van der Waals surface area contributed by atoms with E-state index in [1.54, 1.807) is 18.4 Å². The molecule has 0 aromatic heterocycles. The van der Waals surface area contributed by atoms with E-state index in [2.05, 4.69) is 32.3 Å². The standard InChI is InChI=1S/C26H38N6O8S3/c1-17-9-20(11-22(10-17)39-40-41-2)29-31-25(33)27-15-18-5-7-19(8-6-18)16-28-26(34)32-30-21-12-23(42(3,35)36)14-24(13-21)43(4,37)38/h9-14,18-19,29-30H,5-8,15-16H2,1-4H3,(H2,27,31,33)(H2,28,32,34). The third-order valence-electron chi connectivity index (χ3n) is 6.70. The topological polar surface area (TPSA) is 193 Å². The van der Waals surface area contributed by atoms with Crippen molar-refractivity contribution in [1.82, 2.24) is 21.5 Å². The molecule has 4 amide bonds. The summed E-state index contributed by atoms with van der Waals surface area (Å²) < 4.78 is 52.7. The maximum Gasteiger partial charge on any atom is 0.333 e. The van der Waals surface area contributed by atoms with Crippen LogP contribution >= 0.6 is 12.0 Å². The van der Waals surface area contributed by atoms with E-state index in [1.165, 1.54) is 12.1 Å². The van der Waals surface area contributed by atoms with E-state index in [0.717, 1.165) is 61.9 Å². The summed E-state index contributed by atoms with van der Waals surface area (Å²) in [6, 6.07) is 8.01. The maximum absolute atomic E-state index is 12.3. The van der Waals surface area contributed by atoms with Gasteiger partial charge < -0.3 is 15.5 Å². The fourth-order valence-electron chi connectivity index (χ4n) is 4.47. The fraction of sp³-hybridized carbons (Fsp3) is 0.462. The number of carbonyl (C=O) groups is 2. The first-order chi connectivity index (χ1) is 20.2. The fourth-order valence-corrected chi connectivity index (χ4v) is 6.06. The van der Waals surface area contributed by atoms with Gasteiger partial charge in [0.15, 0.2) is 25.4 Å². The van der Waals surface area contributed by atoms with Gasteiger partial charge in [-0.2, -0.15) is 0 Å². The number of anilines is 2. The van der Waals surface area contributed by atoms with E-state index in [0.29, 0.717) is 30.4 Å². The summed E-state index contributed by atoms with van der Waals surface area (Å²) in [6.07, 6.45) is 7.20. The molecule has 0 spiro atoms. The molecule has 0 radical (unpaired) electrons. The number of hydrogen-bond acceptors (Lipinski definition) is 11. The van der Waals surface area contributed by atoms with Crippen LogP contribution in [0.4, 0.5) is 21.0 Å². The minimum Gasteiger partial charge on any atom is -0.336 e. The first kappa shape index (κ1) is 34.1. The Morgan fingerprint density at radius 3 is 1.67 bits per heavy atom. The summed E-state index contributed by atoms with van der Waals surface area (Å²) in [7, 11) is -7.35. The smallest absolute Gasteiger partial charge is 0.333 e. The van der Waals surface area contributed by atoms with E-state index in [1.807, 2.05) is 13.0 Å². The Morgan fingerprint density at radius 1 is 0.767 bits per heavy atom. The van der Waals surface area contributed by atoms with Crippen LogP contribution in [-0.2, 0) is 24.0 Å². The molecular weight excluding hydrogens is 621 g/mol. The molecule has 6 N–H and O–H groups in total. The van der Waals surface area contributed by atoms with E-state index < -0.39 is 25.7 Å². The van der Waals surface area contributed by atoms with Crippen LogP contribution in [0.25, 0.3) is 0 Å². The predicted molar refractivity (Wildman–Crippen MR) is 165 cm³/mol. The van der Waals surface area contributed by atoms with E-state index in [9.17, 15) is 26.4 Å². The maximum atomic E-state index is 12.3. The number of rotatable bonds is 13. The summed E-state index contributed by atoms with van der Waals surface area (Å²) in [5, 5.41) is 5.65. The third kappa shape index (κ3) is 11.7. The van der Waals surface area contributed by atoms with E-state index >= 15 is 0 Å². The molecular formula is C26H38N6O8S3. The average molecular weight is 659 g/mol. The Bertz CT molecular complexity index is 1450. The minimum absolute atomic E-state index is 0.115. The van der Waals surface area contributed by atoms with Crippen molar-refractivity contribution < 1.29 is 35.6 Å². The molecule has 0 bridgehead atoms. The highest BCUT2D eigenvalue weighted by atomic mass is 32.2. The van der Waals surface area contributed by atoms with Gasteiger partial charge in [-0.3, -0.25) is 21.7 Å². The Morgan fingerprint density at radius 2 is 1.23 bits per heavy atom. The van der Waals surface area contributed by atoms with Crippen LogP contribution in [0.2, 0.25) is 0 Å². The largest absolute Gasteiger partial charge is 0.336 e. The molecule has 2 aromatic rings. The zero-order valence-corrected chi connectivity index (χ0v) is 26.8. The van der Waals surface area contributed by atoms with Crippen LogP contribution < -0.4 is 37.2 Å². The van der Waals surface area contributed by atoms with Crippen LogP contribution in [-0.4, -0.2) is 60.8 Å². The number of carbonyl (C=O) groups excluding carboxylic acids is 2. The van der Waals surface area contributed by atoms with Gasteiger partial charge in [-0.15, -0.1) is 4.33 Å². The molecule has 0 atom stereocenters. The molecule has 3 rings (SSSR count). The van der Waals surface area contributed by atoms with Crippen molar-refractivity contribution in [2.45, 2.75) is 42.4 Å². The second-order valence-corrected chi connectivity index (χ2v) is 14.9. The summed E-state index contributed by atoms with van der Waals surface area (Å²) in [4.78, 5) is 29.4. The number of hydrazine groups is 2. The van der Waals surface area contributed by atoms with Gasteiger partial charge in [-0.05, 0) is 80.3 Å². The Hall–Kier alpha value is -3.41. The lowest BCUT2D eigenvalue weighted by molar-refractivity contribution is -0.0770. The summed E-state index contributed by atoms with van der Waals surface area (Å²) in [6.45, 7) is 2.84. The van der Waals surface area contributed by atoms with Crippen LogP contribution in [0.1, 0.15) is 31.2 Å². The van der Waals surface area contributed by atoms with Gasteiger partial charge in [0.1, 0.15) is 0 Å². The lowest BCUT2D eigenvalue weighted by Crippen LogP contribution is -2.43. The zero-order chi connectivity index (χ0) is 31.6. The highest BCUT2D eigenvalue weighted by Gasteiger charge is 2.22. The van der Waals surface area contributed by atoms with Gasteiger partial charge in [-0.1, -0.05) is 0 Å². The van der Waals surface area contributed by atoms with Crippen molar-refractivity contribution in [3.63, 3.8) is 0 Å². The van der Waals surface area contributed by atoms with Gasteiger partial charge in [0.2, 0.25) is 0 Å². The van der Waals surface area contributed by atoms with Gasteiger partial charge in [0.05, 0.1) is 21.2 Å². The van der Waals surface area contributed by atoms with Gasteiger partial charge in [0.25, 0.3) is 0 Å². The number of hydrogen-bond donors (Lipinski definition) is 6. The molecule has 1 fully saturated rings. The van der Waals surface area contributed by atoms with Crippen LogP contribution in [0.5, 0.6) is 5.75 Å². The number of amides is 4. The molecule has 0 saturated heterocycles. The monoisotopic (exact) mass is 658 g/mol. The Kier molecular flexibility index (Phi) is 12.2. The van der Waals surface area contributed by atoms with Gasteiger partial charge in [-0.25, -0.2) is 26.4 Å². The van der Waals surface area contributed by atoms with Crippen molar-refractivity contribution in [2.24, 2.45) is 11.8 Å². The number of urea groups is 2. The summed E-state index contributed by atoms with van der Waals surface area (Å²) in [5.74, 6) is 1.07. The van der Waals surface area contributed by atoms with Crippen LogP contribution in [0.15, 0.2) is 46.2 Å². The molecule has 2 aromatic carbocycles. The molecule has 1 aliphatic carbocycles. The van der Waals surface area contributed by atoms with E-state index in [4.69, 9.17) is 9.22 Å². The van der Waals surface area contributed by atoms with Gasteiger partial charge in [0, 0.05) is 50.0 Å². The Labute approximate surface area is 256 Å². The number of benzene rings is 2. The average Bonchev–Trinajstić information content (AvgIpc) is 2.95. The second-order valence-electron chi connectivity index (χ2n) is 10.4. The first-order valence-corrected chi connectivity index (χ1v) is 18.3. The Balaban J connectivity index is 1.36. The highest BCUT2D eigenvalue weighted by Crippen LogP contribution is 2.28. The van der Waals surface area contributed by atoms with Crippen molar-refractivity contribution in [3.8, 4) is 5.75 Å². The molecule has 0 unspecified atom stereocenters. The molecule has 0 aliphatic heterocycles. The molecule has 43 heavy (non-hydrogen) atoms. The summed E-state index contributed by atoms with van der Waals surface area (Å²) >= 11 is 1.08. The quantitative estimate of drug-likeness (QED) is 0.105. The van der Waals surface area contributed by atoms with Crippen LogP contribution in [0.3, 0.4) is 0 Å². The van der Waals surface area contributed by atoms with Gasteiger partial charge >= 0.3 is 12.1 Å². The molecule has 0 heterocycles. The lowest BCUT2D eigenvalue weighted by atomic mass is 9.82. The van der Waals surface area contributed by atoms with Crippen molar-refractivity contribution >= 4 is 55.2 Å². The number of aryl methyl sites for hydroxylation is 1. The molecule has 1 saturated carbocycles. The number of nitrogens with one attached hydrogen (secondary N) is 6. The normalized spacial score (nSPS) is 16.9. The lowest BCUT2D eigenvalue weighted by Gasteiger charge is -2.28. The third-order valence-corrected chi connectivity index (χ3v) is 9.08. The molecule has 14 nitrogen and oxygen atoms in total. The second kappa shape index (κ2) is 15.4. The van der Waals surface area contributed by atoms with E-state index in [-0.39, 0.29) is 27.4 Å². The number of sulfone groups is 2. The molecule has 238 valence electrons. The van der Waals surface area contributed by atoms with Crippen molar-refractivity contribution in [2.75, 3.05) is 42.7 Å². The van der Waals surface area contributed by atoms with Crippen molar-refractivity contribution in [3.05, 3.63) is 42.0 Å². The zero-order valence-electron chi connectivity index (χ0n) is 24.4.